The van der Waals surface area contributed by atoms with Crippen molar-refractivity contribution in [3.05, 3.63) is 123 Å². The van der Waals surface area contributed by atoms with Crippen molar-refractivity contribution in [2.45, 2.75) is 19.3 Å². The number of aromatic hydroxyl groups is 1. The lowest BCUT2D eigenvalue weighted by Crippen LogP contribution is -2.16. The normalized spacial score (nSPS) is 12.2. The number of carbonyl (C=O) groups excluding carboxylic acids is 1. The van der Waals surface area contributed by atoms with Crippen LogP contribution in [-0.4, -0.2) is 10.9 Å². The molecular formula is C33H22Cl2O4S. The fourth-order valence-corrected chi connectivity index (χ4v) is 6.83. The zero-order valence-corrected chi connectivity index (χ0v) is 23.6. The summed E-state index contributed by atoms with van der Waals surface area (Å²) in [7, 11) is 0. The number of thiophene rings is 1. The van der Waals surface area contributed by atoms with E-state index in [-0.39, 0.29) is 23.5 Å². The van der Waals surface area contributed by atoms with Crippen LogP contribution in [0.1, 0.15) is 30.4 Å². The van der Waals surface area contributed by atoms with E-state index >= 15 is 0 Å². The number of halogens is 2. The standard InChI is InChI=1S/C33H22Cl2O4S/c1-18(36)16-24(21-12-15-25(34)26(35)17-21)28-29(37)23-14-13-22-27(19-8-4-2-5-9-19)31(20-10-6-3-7-11-20)40-32(22)30(23)39-33(28)38/h2-15,17,24,37H,16H2,1H3. The molecule has 6 aromatic rings. The molecule has 2 aromatic heterocycles. The van der Waals surface area contributed by atoms with Gasteiger partial charge in [0.05, 0.1) is 25.7 Å². The molecule has 1 atom stereocenters. The van der Waals surface area contributed by atoms with Crippen molar-refractivity contribution in [1.82, 2.24) is 0 Å². The van der Waals surface area contributed by atoms with Crippen LogP contribution in [0.2, 0.25) is 10.0 Å². The Kier molecular flexibility index (Phi) is 6.97. The minimum absolute atomic E-state index is 0.0145. The van der Waals surface area contributed by atoms with Crippen molar-refractivity contribution >= 4 is 61.4 Å². The topological polar surface area (TPSA) is 67.5 Å². The lowest BCUT2D eigenvalue weighted by Gasteiger charge is -2.18. The van der Waals surface area contributed by atoms with E-state index in [1.54, 1.807) is 24.3 Å². The minimum Gasteiger partial charge on any atom is -0.507 e. The largest absolute Gasteiger partial charge is 0.507 e. The van der Waals surface area contributed by atoms with E-state index in [1.165, 1.54) is 18.3 Å². The average Bonchev–Trinajstić information content (AvgIpc) is 3.35. The van der Waals surface area contributed by atoms with Gasteiger partial charge in [0.2, 0.25) is 0 Å². The minimum atomic E-state index is -0.758. The van der Waals surface area contributed by atoms with Gasteiger partial charge in [0, 0.05) is 28.2 Å². The van der Waals surface area contributed by atoms with Gasteiger partial charge in [0.15, 0.2) is 5.58 Å². The van der Waals surface area contributed by atoms with Gasteiger partial charge < -0.3 is 9.52 Å². The maximum absolute atomic E-state index is 13.6. The van der Waals surface area contributed by atoms with Crippen LogP contribution in [0.25, 0.3) is 42.6 Å². The maximum Gasteiger partial charge on any atom is 0.343 e. The highest BCUT2D eigenvalue weighted by Gasteiger charge is 2.28. The number of hydrogen-bond donors (Lipinski definition) is 1. The first kappa shape index (κ1) is 26.3. The molecule has 2 heterocycles. The summed E-state index contributed by atoms with van der Waals surface area (Å²) in [6.07, 6.45) is -0.0145. The average molecular weight is 586 g/mol. The Hall–Kier alpha value is -3.90. The summed E-state index contributed by atoms with van der Waals surface area (Å²) in [5.74, 6) is -1.11. The Morgan fingerprint density at radius 2 is 1.52 bits per heavy atom. The first-order valence-electron chi connectivity index (χ1n) is 12.6. The molecule has 4 aromatic carbocycles. The van der Waals surface area contributed by atoms with Crippen molar-refractivity contribution in [3.8, 4) is 27.3 Å². The molecular weight excluding hydrogens is 563 g/mol. The van der Waals surface area contributed by atoms with E-state index in [4.69, 9.17) is 27.6 Å². The third-order valence-electron chi connectivity index (χ3n) is 7.02. The Bertz CT molecular complexity index is 1960. The number of carbonyl (C=O) groups is 1. The zero-order valence-electron chi connectivity index (χ0n) is 21.3. The highest BCUT2D eigenvalue weighted by atomic mass is 35.5. The predicted octanol–water partition coefficient (Wildman–Crippen LogP) is 9.47. The molecule has 0 saturated heterocycles. The van der Waals surface area contributed by atoms with Gasteiger partial charge >= 0.3 is 5.63 Å². The molecule has 0 amide bonds. The van der Waals surface area contributed by atoms with Gasteiger partial charge in [-0.1, -0.05) is 96.0 Å². The van der Waals surface area contributed by atoms with Crippen LogP contribution >= 0.6 is 34.5 Å². The highest BCUT2D eigenvalue weighted by molar-refractivity contribution is 7.24. The van der Waals surface area contributed by atoms with Crippen molar-refractivity contribution in [2.24, 2.45) is 0 Å². The number of rotatable bonds is 6. The second-order valence-corrected chi connectivity index (χ2v) is 11.5. The predicted molar refractivity (Wildman–Crippen MR) is 164 cm³/mol. The molecule has 6 rings (SSSR count). The molecule has 0 fully saturated rings. The van der Waals surface area contributed by atoms with Crippen LogP contribution in [0.3, 0.4) is 0 Å². The monoisotopic (exact) mass is 584 g/mol. The van der Waals surface area contributed by atoms with Crippen LogP contribution in [0.15, 0.2) is 100 Å². The molecule has 0 spiro atoms. The van der Waals surface area contributed by atoms with Gasteiger partial charge in [0.25, 0.3) is 0 Å². The number of fused-ring (bicyclic) bond motifs is 3. The van der Waals surface area contributed by atoms with Gasteiger partial charge in [0.1, 0.15) is 11.5 Å². The first-order chi connectivity index (χ1) is 19.3. The van der Waals surface area contributed by atoms with E-state index < -0.39 is 11.5 Å². The number of benzene rings is 4. The van der Waals surface area contributed by atoms with Gasteiger partial charge in [-0.3, -0.25) is 4.79 Å². The molecule has 40 heavy (non-hydrogen) atoms. The molecule has 0 radical (unpaired) electrons. The first-order valence-corrected chi connectivity index (χ1v) is 14.2. The van der Waals surface area contributed by atoms with E-state index in [2.05, 4.69) is 24.3 Å². The van der Waals surface area contributed by atoms with Gasteiger partial charge in [-0.2, -0.15) is 0 Å². The quantitative estimate of drug-likeness (QED) is 0.198. The third-order valence-corrected chi connectivity index (χ3v) is 9.01. The summed E-state index contributed by atoms with van der Waals surface area (Å²) in [5.41, 5.74) is 3.32. The second-order valence-electron chi connectivity index (χ2n) is 9.64. The van der Waals surface area contributed by atoms with Crippen LogP contribution in [0, 0.1) is 0 Å². The number of ketones is 1. The van der Waals surface area contributed by atoms with E-state index in [0.29, 0.717) is 26.6 Å². The van der Waals surface area contributed by atoms with E-state index in [9.17, 15) is 14.7 Å². The molecule has 1 N–H and O–H groups in total. The SMILES string of the molecule is CC(=O)CC(c1ccc(Cl)c(Cl)c1)c1c(O)c2ccc3c(-c4ccccc4)c(-c4ccccc4)sc3c2oc1=O. The van der Waals surface area contributed by atoms with E-state index in [1.807, 2.05) is 42.5 Å². The Morgan fingerprint density at radius 1 is 0.875 bits per heavy atom. The van der Waals surface area contributed by atoms with Crippen molar-refractivity contribution in [1.29, 1.82) is 0 Å². The van der Waals surface area contributed by atoms with Gasteiger partial charge in [-0.25, -0.2) is 4.79 Å². The fraction of sp³-hybridized carbons (Fsp3) is 0.0909. The molecule has 7 heteroatoms. The molecule has 198 valence electrons. The highest BCUT2D eigenvalue weighted by Crippen LogP contribution is 2.48. The lowest BCUT2D eigenvalue weighted by molar-refractivity contribution is -0.117. The molecule has 0 aliphatic heterocycles. The molecule has 4 nitrogen and oxygen atoms in total. The summed E-state index contributed by atoms with van der Waals surface area (Å²) in [6.45, 7) is 1.44. The van der Waals surface area contributed by atoms with Crippen LogP contribution < -0.4 is 5.63 Å². The van der Waals surface area contributed by atoms with Crippen molar-refractivity contribution < 1.29 is 14.3 Å². The molecule has 0 aliphatic rings. The summed E-state index contributed by atoms with van der Waals surface area (Å²) in [6, 6.07) is 28.8. The lowest BCUT2D eigenvalue weighted by atomic mass is 9.87. The van der Waals surface area contributed by atoms with Crippen molar-refractivity contribution in [3.63, 3.8) is 0 Å². The summed E-state index contributed by atoms with van der Waals surface area (Å²) >= 11 is 13.9. The Balaban J connectivity index is 1.63. The number of Topliss-reactive ketones (excluding diaryl/α,β-unsaturated/α-hetero) is 1. The molecule has 0 aliphatic carbocycles. The fourth-order valence-electron chi connectivity index (χ4n) is 5.21. The molecule has 0 bridgehead atoms. The Morgan fingerprint density at radius 3 is 2.17 bits per heavy atom. The van der Waals surface area contributed by atoms with E-state index in [0.717, 1.165) is 31.7 Å². The molecule has 1 unspecified atom stereocenters. The summed E-state index contributed by atoms with van der Waals surface area (Å²) in [4.78, 5) is 26.9. The van der Waals surface area contributed by atoms with Crippen LogP contribution in [-0.2, 0) is 4.79 Å². The smallest absolute Gasteiger partial charge is 0.343 e. The summed E-state index contributed by atoms with van der Waals surface area (Å²) in [5, 5.41) is 13.5. The van der Waals surface area contributed by atoms with Crippen LogP contribution in [0.5, 0.6) is 5.75 Å². The zero-order chi connectivity index (χ0) is 28.0. The number of hydrogen-bond acceptors (Lipinski definition) is 5. The second kappa shape index (κ2) is 10.6. The third kappa shape index (κ3) is 4.60. The van der Waals surface area contributed by atoms with Gasteiger partial charge in [-0.05, 0) is 41.8 Å². The summed E-state index contributed by atoms with van der Waals surface area (Å²) < 4.78 is 6.75. The molecule has 0 saturated carbocycles. The van der Waals surface area contributed by atoms with Crippen molar-refractivity contribution in [2.75, 3.05) is 0 Å². The maximum atomic E-state index is 13.6. The Labute approximate surface area is 244 Å². The van der Waals surface area contributed by atoms with Crippen LogP contribution in [0.4, 0.5) is 0 Å². The van der Waals surface area contributed by atoms with Gasteiger partial charge in [-0.15, -0.1) is 11.3 Å².